The number of nitrogens with zero attached hydrogens (tertiary/aromatic N) is 1. The van der Waals surface area contributed by atoms with Gasteiger partial charge in [0.05, 0.1) is 4.88 Å². The third kappa shape index (κ3) is 2.94. The minimum absolute atomic E-state index is 0.104. The van der Waals surface area contributed by atoms with Crippen LogP contribution in [0.5, 0.6) is 0 Å². The first-order chi connectivity index (χ1) is 12.6. The Kier molecular flexibility index (Phi) is 4.57. The summed E-state index contributed by atoms with van der Waals surface area (Å²) in [5, 5.41) is 4.71. The highest BCUT2D eigenvalue weighted by Crippen LogP contribution is 2.52. The molecule has 1 fully saturated rings. The Morgan fingerprint density at radius 1 is 1.19 bits per heavy atom. The number of likely N-dealkylation sites (tertiary alicyclic amines) is 1. The van der Waals surface area contributed by atoms with Gasteiger partial charge in [0.2, 0.25) is 5.91 Å². The van der Waals surface area contributed by atoms with Gasteiger partial charge in [-0.05, 0) is 53.2 Å². The van der Waals surface area contributed by atoms with Gasteiger partial charge in [-0.2, -0.15) is 0 Å². The van der Waals surface area contributed by atoms with E-state index in [0.717, 1.165) is 37.2 Å². The molecule has 2 aromatic rings. The normalized spacial score (nSPS) is 20.8. The van der Waals surface area contributed by atoms with Crippen molar-refractivity contribution in [2.75, 3.05) is 20.1 Å². The molecule has 136 valence electrons. The van der Waals surface area contributed by atoms with Gasteiger partial charge in [0, 0.05) is 26.6 Å². The third-order valence-corrected chi connectivity index (χ3v) is 6.92. The molecule has 1 aliphatic heterocycles. The van der Waals surface area contributed by atoms with Gasteiger partial charge in [0.25, 0.3) is 5.91 Å². The lowest BCUT2D eigenvalue weighted by Crippen LogP contribution is -2.44. The molecule has 1 aromatic heterocycles. The van der Waals surface area contributed by atoms with Crippen molar-refractivity contribution in [2.24, 2.45) is 0 Å². The van der Waals surface area contributed by atoms with Gasteiger partial charge in [0.15, 0.2) is 0 Å². The third-order valence-electron chi connectivity index (χ3n) is 6.06. The van der Waals surface area contributed by atoms with Crippen LogP contribution < -0.4 is 5.32 Å². The van der Waals surface area contributed by atoms with Crippen LogP contribution in [0.4, 0.5) is 0 Å². The van der Waals surface area contributed by atoms with Crippen molar-refractivity contribution in [3.8, 4) is 0 Å². The first-order valence-electron chi connectivity index (χ1n) is 9.26. The van der Waals surface area contributed by atoms with E-state index in [9.17, 15) is 9.59 Å². The first kappa shape index (κ1) is 17.3. The molecule has 1 aromatic carbocycles. The van der Waals surface area contributed by atoms with Crippen LogP contribution in [0.1, 0.15) is 52.4 Å². The number of amides is 2. The second-order valence-electron chi connectivity index (χ2n) is 7.42. The van der Waals surface area contributed by atoms with E-state index in [1.807, 2.05) is 22.4 Å². The first-order valence-corrected chi connectivity index (χ1v) is 10.1. The number of benzene rings is 1. The number of nitrogens with one attached hydrogen (secondary N) is 1. The summed E-state index contributed by atoms with van der Waals surface area (Å²) in [6, 6.07) is 12.4. The average Bonchev–Trinajstić information content (AvgIpc) is 3.30. The van der Waals surface area contributed by atoms with Gasteiger partial charge < -0.3 is 10.2 Å². The van der Waals surface area contributed by atoms with E-state index < -0.39 is 0 Å². The topological polar surface area (TPSA) is 49.4 Å². The minimum atomic E-state index is 0.104. The van der Waals surface area contributed by atoms with Crippen molar-refractivity contribution < 1.29 is 9.59 Å². The number of hydrogen-bond donors (Lipinski definition) is 1. The second kappa shape index (κ2) is 6.88. The van der Waals surface area contributed by atoms with E-state index in [4.69, 9.17) is 0 Å². The van der Waals surface area contributed by atoms with Crippen molar-refractivity contribution in [1.29, 1.82) is 0 Å². The number of carbonyl (C=O) groups is 2. The molecule has 2 amide bonds. The van der Waals surface area contributed by atoms with Gasteiger partial charge in [-0.15, -0.1) is 11.3 Å². The second-order valence-corrected chi connectivity index (χ2v) is 8.36. The van der Waals surface area contributed by atoms with Crippen LogP contribution in [0.25, 0.3) is 0 Å². The smallest absolute Gasteiger partial charge is 0.263 e. The maximum absolute atomic E-state index is 12.6. The fraction of sp³-hybridized carbons (Fsp3) is 0.429. The standard InChI is InChI=1S/C21H24N2O2S/c1-22-19(24)13-15-14-21(17-6-3-2-5-16(15)17)8-10-23(11-9-21)20(25)18-7-4-12-26-18/h2-7,12,15H,8-11,13-14H2,1H3,(H,22,24). The van der Waals surface area contributed by atoms with Crippen molar-refractivity contribution in [3.05, 3.63) is 57.8 Å². The SMILES string of the molecule is CNC(=O)CC1CC2(CCN(C(=O)c3cccs3)CC2)c2ccccc21. The summed E-state index contributed by atoms with van der Waals surface area (Å²) in [4.78, 5) is 27.4. The van der Waals surface area contributed by atoms with Crippen LogP contribution in [0.2, 0.25) is 0 Å². The van der Waals surface area contributed by atoms with Crippen molar-refractivity contribution in [2.45, 2.75) is 37.0 Å². The molecule has 0 radical (unpaired) electrons. The molecular formula is C21H24N2O2S. The van der Waals surface area contributed by atoms with Crippen LogP contribution in [0.3, 0.4) is 0 Å². The molecule has 26 heavy (non-hydrogen) atoms. The predicted molar refractivity (Wildman–Crippen MR) is 104 cm³/mol. The lowest BCUT2D eigenvalue weighted by molar-refractivity contribution is -0.121. The fourth-order valence-electron chi connectivity index (χ4n) is 4.70. The van der Waals surface area contributed by atoms with Crippen molar-refractivity contribution >= 4 is 23.2 Å². The largest absolute Gasteiger partial charge is 0.359 e. The Morgan fingerprint density at radius 3 is 2.65 bits per heavy atom. The molecule has 1 atom stereocenters. The Hall–Kier alpha value is -2.14. The van der Waals surface area contributed by atoms with Gasteiger partial charge in [-0.25, -0.2) is 0 Å². The van der Waals surface area contributed by atoms with E-state index in [0.29, 0.717) is 6.42 Å². The van der Waals surface area contributed by atoms with Gasteiger partial charge in [-0.1, -0.05) is 30.3 Å². The number of thiophene rings is 1. The molecule has 1 spiro atoms. The summed E-state index contributed by atoms with van der Waals surface area (Å²) in [5.41, 5.74) is 2.84. The van der Waals surface area contributed by atoms with E-state index in [1.165, 1.54) is 22.5 Å². The fourth-order valence-corrected chi connectivity index (χ4v) is 5.39. The maximum Gasteiger partial charge on any atom is 0.263 e. The van der Waals surface area contributed by atoms with E-state index in [2.05, 4.69) is 29.6 Å². The molecule has 0 saturated carbocycles. The number of piperidine rings is 1. The van der Waals surface area contributed by atoms with E-state index in [1.54, 1.807) is 7.05 Å². The highest BCUT2D eigenvalue weighted by atomic mass is 32.1. The quantitative estimate of drug-likeness (QED) is 0.901. The molecule has 1 saturated heterocycles. The zero-order valence-electron chi connectivity index (χ0n) is 15.0. The predicted octanol–water partition coefficient (Wildman–Crippen LogP) is 3.55. The van der Waals surface area contributed by atoms with E-state index >= 15 is 0 Å². The molecule has 1 aliphatic carbocycles. The number of hydrogen-bond acceptors (Lipinski definition) is 3. The van der Waals surface area contributed by atoms with Crippen LogP contribution in [0.15, 0.2) is 41.8 Å². The summed E-state index contributed by atoms with van der Waals surface area (Å²) >= 11 is 1.51. The molecule has 2 aliphatic rings. The van der Waals surface area contributed by atoms with Crippen LogP contribution in [-0.2, 0) is 10.2 Å². The number of carbonyl (C=O) groups excluding carboxylic acids is 2. The zero-order valence-corrected chi connectivity index (χ0v) is 15.8. The van der Waals surface area contributed by atoms with E-state index in [-0.39, 0.29) is 23.1 Å². The summed E-state index contributed by atoms with van der Waals surface area (Å²) in [6.07, 6.45) is 3.52. The molecule has 1 N–H and O–H groups in total. The Balaban J connectivity index is 1.53. The lowest BCUT2D eigenvalue weighted by Gasteiger charge is -2.40. The highest BCUT2D eigenvalue weighted by molar-refractivity contribution is 7.12. The lowest BCUT2D eigenvalue weighted by atomic mass is 9.73. The minimum Gasteiger partial charge on any atom is -0.359 e. The average molecular weight is 369 g/mol. The Labute approximate surface area is 158 Å². The summed E-state index contributed by atoms with van der Waals surface area (Å²) in [6.45, 7) is 1.58. The van der Waals surface area contributed by atoms with Crippen LogP contribution in [-0.4, -0.2) is 36.9 Å². The molecule has 2 heterocycles. The monoisotopic (exact) mass is 368 g/mol. The van der Waals surface area contributed by atoms with Gasteiger partial charge in [-0.3, -0.25) is 9.59 Å². The summed E-state index contributed by atoms with van der Waals surface area (Å²) in [5.74, 6) is 0.543. The zero-order chi connectivity index (χ0) is 18.1. The number of fused-ring (bicyclic) bond motifs is 2. The van der Waals surface area contributed by atoms with Crippen molar-refractivity contribution in [3.63, 3.8) is 0 Å². The molecule has 0 bridgehead atoms. The Morgan fingerprint density at radius 2 is 1.96 bits per heavy atom. The van der Waals surface area contributed by atoms with Crippen molar-refractivity contribution in [1.82, 2.24) is 10.2 Å². The molecular weight excluding hydrogens is 344 g/mol. The highest BCUT2D eigenvalue weighted by Gasteiger charge is 2.46. The van der Waals surface area contributed by atoms with Gasteiger partial charge >= 0.3 is 0 Å². The number of rotatable bonds is 3. The summed E-state index contributed by atoms with van der Waals surface area (Å²) in [7, 11) is 1.70. The molecule has 4 nitrogen and oxygen atoms in total. The summed E-state index contributed by atoms with van der Waals surface area (Å²) < 4.78 is 0. The van der Waals surface area contributed by atoms with Gasteiger partial charge in [0.1, 0.15) is 0 Å². The molecule has 4 rings (SSSR count). The Bertz CT molecular complexity index is 807. The molecule has 5 heteroatoms. The van der Waals surface area contributed by atoms with Crippen LogP contribution >= 0.6 is 11.3 Å². The molecule has 1 unspecified atom stereocenters. The van der Waals surface area contributed by atoms with Crippen LogP contribution in [0, 0.1) is 0 Å². The maximum atomic E-state index is 12.6.